The van der Waals surface area contributed by atoms with Crippen molar-refractivity contribution in [3.63, 3.8) is 0 Å². The third-order valence-corrected chi connectivity index (χ3v) is 2.39. The third-order valence-electron chi connectivity index (χ3n) is 2.39. The number of benzene rings is 1. The molecule has 7 nitrogen and oxygen atoms in total. The second-order valence-corrected chi connectivity index (χ2v) is 4.14. The van der Waals surface area contributed by atoms with Crippen LogP contribution in [0.3, 0.4) is 0 Å². The van der Waals surface area contributed by atoms with Gasteiger partial charge in [-0.05, 0) is 24.6 Å². The fraction of sp³-hybridized carbons (Fsp3) is 0.214. The first-order valence-electron chi connectivity index (χ1n) is 6.09. The fourth-order valence-corrected chi connectivity index (χ4v) is 1.44. The van der Waals surface area contributed by atoms with Crippen LogP contribution >= 0.6 is 0 Å². The molecular weight excluding hydrogens is 276 g/mol. The molecule has 0 saturated carbocycles. The zero-order valence-corrected chi connectivity index (χ0v) is 11.5. The molecule has 0 spiro atoms. The SMILES string of the molecule is C=CCNC(=O)NC(=O)COc1cc(C)ccc1C(=O)O. The van der Waals surface area contributed by atoms with E-state index >= 15 is 0 Å². The molecule has 3 N–H and O–H groups in total. The topological polar surface area (TPSA) is 105 Å². The van der Waals surface area contributed by atoms with Crippen LogP contribution in [0.25, 0.3) is 0 Å². The molecule has 0 unspecified atom stereocenters. The second-order valence-electron chi connectivity index (χ2n) is 4.14. The number of hydrogen-bond acceptors (Lipinski definition) is 4. The number of aromatic carboxylic acids is 1. The van der Waals surface area contributed by atoms with Gasteiger partial charge in [0, 0.05) is 6.54 Å². The lowest BCUT2D eigenvalue weighted by molar-refractivity contribution is -0.122. The summed E-state index contributed by atoms with van der Waals surface area (Å²) in [5.74, 6) is -1.77. The first kappa shape index (κ1) is 16.2. The van der Waals surface area contributed by atoms with E-state index in [1.807, 2.05) is 5.32 Å². The Bertz CT molecular complexity index is 568. The minimum atomic E-state index is -1.16. The molecule has 1 rings (SSSR count). The number of carboxylic acids is 1. The van der Waals surface area contributed by atoms with E-state index in [0.717, 1.165) is 5.56 Å². The van der Waals surface area contributed by atoms with Crippen molar-refractivity contribution in [2.24, 2.45) is 0 Å². The number of amides is 3. The molecule has 0 aliphatic rings. The minimum Gasteiger partial charge on any atom is -0.483 e. The quantitative estimate of drug-likeness (QED) is 0.681. The second kappa shape index (κ2) is 7.68. The van der Waals surface area contributed by atoms with E-state index in [2.05, 4.69) is 11.9 Å². The van der Waals surface area contributed by atoms with E-state index in [1.54, 1.807) is 13.0 Å². The summed E-state index contributed by atoms with van der Waals surface area (Å²) in [6.07, 6.45) is 1.46. The predicted molar refractivity (Wildman–Crippen MR) is 75.4 cm³/mol. The molecule has 7 heteroatoms. The maximum absolute atomic E-state index is 11.5. The first-order chi connectivity index (χ1) is 9.93. The van der Waals surface area contributed by atoms with Gasteiger partial charge in [-0.1, -0.05) is 12.1 Å². The van der Waals surface area contributed by atoms with E-state index in [4.69, 9.17) is 9.84 Å². The smallest absolute Gasteiger partial charge is 0.339 e. The van der Waals surface area contributed by atoms with Crippen molar-refractivity contribution >= 4 is 17.9 Å². The average molecular weight is 292 g/mol. The number of carboxylic acid groups (broad SMARTS) is 1. The summed E-state index contributed by atoms with van der Waals surface area (Å²) in [4.78, 5) is 33.7. The molecule has 0 saturated heterocycles. The van der Waals surface area contributed by atoms with Crippen LogP contribution in [0.5, 0.6) is 5.75 Å². The predicted octanol–water partition coefficient (Wildman–Crippen LogP) is 1.08. The Labute approximate surface area is 121 Å². The van der Waals surface area contributed by atoms with Crippen molar-refractivity contribution in [3.8, 4) is 5.75 Å². The Kier molecular flexibility index (Phi) is 5.94. The molecule has 1 aromatic carbocycles. The fourth-order valence-electron chi connectivity index (χ4n) is 1.44. The molecule has 0 fully saturated rings. The van der Waals surface area contributed by atoms with Crippen LogP contribution in [0.1, 0.15) is 15.9 Å². The highest BCUT2D eigenvalue weighted by molar-refractivity contribution is 5.95. The largest absolute Gasteiger partial charge is 0.483 e. The molecule has 0 aliphatic heterocycles. The number of urea groups is 1. The summed E-state index contributed by atoms with van der Waals surface area (Å²) in [5, 5.41) is 13.4. The van der Waals surface area contributed by atoms with E-state index in [9.17, 15) is 14.4 Å². The number of carbonyl (C=O) groups is 3. The Balaban J connectivity index is 2.60. The Morgan fingerprint density at radius 1 is 1.38 bits per heavy atom. The molecule has 0 bridgehead atoms. The number of imide groups is 1. The van der Waals surface area contributed by atoms with E-state index in [0.29, 0.717) is 0 Å². The average Bonchev–Trinajstić information content (AvgIpc) is 2.42. The summed E-state index contributed by atoms with van der Waals surface area (Å²) in [6, 6.07) is 3.85. The van der Waals surface area contributed by atoms with Gasteiger partial charge < -0.3 is 15.2 Å². The number of nitrogens with one attached hydrogen (secondary N) is 2. The number of aryl methyl sites for hydroxylation is 1. The summed E-state index contributed by atoms with van der Waals surface area (Å²) in [7, 11) is 0. The van der Waals surface area contributed by atoms with Crippen LogP contribution in [0.4, 0.5) is 4.79 Å². The van der Waals surface area contributed by atoms with Crippen LogP contribution in [0, 0.1) is 6.92 Å². The van der Waals surface area contributed by atoms with Crippen molar-refractivity contribution in [2.75, 3.05) is 13.2 Å². The van der Waals surface area contributed by atoms with Gasteiger partial charge >= 0.3 is 12.0 Å². The minimum absolute atomic E-state index is 0.0514. The van der Waals surface area contributed by atoms with Gasteiger partial charge in [0.15, 0.2) is 6.61 Å². The van der Waals surface area contributed by atoms with Crippen molar-refractivity contribution in [1.29, 1.82) is 0 Å². The Hall–Kier alpha value is -2.83. The summed E-state index contributed by atoms with van der Waals surface area (Å²) < 4.78 is 5.15. The van der Waals surface area contributed by atoms with Gasteiger partial charge in [0.25, 0.3) is 5.91 Å². The lowest BCUT2D eigenvalue weighted by Gasteiger charge is -2.10. The van der Waals surface area contributed by atoms with Gasteiger partial charge in [0.1, 0.15) is 11.3 Å². The van der Waals surface area contributed by atoms with Crippen molar-refractivity contribution < 1.29 is 24.2 Å². The normalized spacial score (nSPS) is 9.57. The van der Waals surface area contributed by atoms with Crippen LogP contribution in [-0.4, -0.2) is 36.2 Å². The molecule has 21 heavy (non-hydrogen) atoms. The lowest BCUT2D eigenvalue weighted by atomic mass is 10.1. The van der Waals surface area contributed by atoms with Crippen molar-refractivity contribution in [1.82, 2.24) is 10.6 Å². The highest BCUT2D eigenvalue weighted by Crippen LogP contribution is 2.20. The highest BCUT2D eigenvalue weighted by Gasteiger charge is 2.13. The molecule has 0 aliphatic carbocycles. The van der Waals surface area contributed by atoms with Crippen LogP contribution in [0.15, 0.2) is 30.9 Å². The number of rotatable bonds is 6. The van der Waals surface area contributed by atoms with Crippen LogP contribution in [0.2, 0.25) is 0 Å². The molecular formula is C14H16N2O5. The lowest BCUT2D eigenvalue weighted by Crippen LogP contribution is -2.41. The molecule has 3 amide bonds. The summed E-state index contributed by atoms with van der Waals surface area (Å²) in [5.41, 5.74) is 0.739. The number of carbonyl (C=O) groups excluding carboxylic acids is 2. The van der Waals surface area contributed by atoms with Gasteiger partial charge in [0.05, 0.1) is 0 Å². The van der Waals surface area contributed by atoms with Crippen molar-refractivity contribution in [2.45, 2.75) is 6.92 Å². The highest BCUT2D eigenvalue weighted by atomic mass is 16.5. The zero-order valence-electron chi connectivity index (χ0n) is 11.5. The van der Waals surface area contributed by atoms with Gasteiger partial charge in [0.2, 0.25) is 0 Å². The van der Waals surface area contributed by atoms with E-state index in [-0.39, 0.29) is 17.9 Å². The van der Waals surface area contributed by atoms with Gasteiger partial charge in [-0.15, -0.1) is 6.58 Å². The first-order valence-corrected chi connectivity index (χ1v) is 6.09. The third kappa shape index (κ3) is 5.35. The molecule has 112 valence electrons. The molecule has 0 atom stereocenters. The Morgan fingerprint density at radius 2 is 2.10 bits per heavy atom. The van der Waals surface area contributed by atoms with E-state index in [1.165, 1.54) is 18.2 Å². The van der Waals surface area contributed by atoms with E-state index < -0.39 is 24.5 Å². The zero-order chi connectivity index (χ0) is 15.8. The monoisotopic (exact) mass is 292 g/mol. The maximum Gasteiger partial charge on any atom is 0.339 e. The maximum atomic E-state index is 11.5. The summed E-state index contributed by atoms with van der Waals surface area (Å²) >= 11 is 0. The standard InChI is InChI=1S/C14H16N2O5/c1-3-6-15-14(20)16-12(17)8-21-11-7-9(2)4-5-10(11)13(18)19/h3-5,7H,1,6,8H2,2H3,(H,18,19)(H2,15,16,17,20). The van der Waals surface area contributed by atoms with Gasteiger partial charge in [-0.2, -0.15) is 0 Å². The van der Waals surface area contributed by atoms with Crippen LogP contribution < -0.4 is 15.4 Å². The summed E-state index contributed by atoms with van der Waals surface area (Å²) in [6.45, 7) is 4.94. The number of ether oxygens (including phenoxy) is 1. The molecule has 0 heterocycles. The van der Waals surface area contributed by atoms with Crippen molar-refractivity contribution in [3.05, 3.63) is 42.0 Å². The van der Waals surface area contributed by atoms with Gasteiger partial charge in [-0.3, -0.25) is 10.1 Å². The van der Waals surface area contributed by atoms with Gasteiger partial charge in [-0.25, -0.2) is 9.59 Å². The molecule has 0 aromatic heterocycles. The van der Waals surface area contributed by atoms with Crippen LogP contribution in [-0.2, 0) is 4.79 Å². The molecule has 0 radical (unpaired) electrons. The number of hydrogen-bond donors (Lipinski definition) is 3. The Morgan fingerprint density at radius 3 is 2.71 bits per heavy atom. The molecule has 1 aromatic rings.